The molecular formula is C18H18N4O2S. The number of hydrogen-bond donors (Lipinski definition) is 1. The minimum Gasteiger partial charge on any atom is -0.486 e. The van der Waals surface area contributed by atoms with Crippen LogP contribution in [0.2, 0.25) is 0 Å². The number of thiazole rings is 1. The van der Waals surface area contributed by atoms with Gasteiger partial charge in [-0.25, -0.2) is 4.98 Å². The van der Waals surface area contributed by atoms with Crippen LogP contribution in [0, 0.1) is 12.3 Å². The number of rotatable bonds is 9. The molecule has 0 bridgehead atoms. The molecule has 1 aliphatic rings. The van der Waals surface area contributed by atoms with E-state index in [1.165, 1.54) is 11.3 Å². The Morgan fingerprint density at radius 2 is 2.08 bits per heavy atom. The van der Waals surface area contributed by atoms with Crippen LogP contribution in [0.15, 0.2) is 46.8 Å². The van der Waals surface area contributed by atoms with Gasteiger partial charge >= 0.3 is 0 Å². The fourth-order valence-electron chi connectivity index (χ4n) is 2.28. The summed E-state index contributed by atoms with van der Waals surface area (Å²) in [6.45, 7) is 0.846. The van der Waals surface area contributed by atoms with E-state index < -0.39 is 0 Å². The summed E-state index contributed by atoms with van der Waals surface area (Å²) in [5, 5.41) is 11.7. The zero-order chi connectivity index (χ0) is 17.5. The molecule has 0 unspecified atom stereocenters. The Bertz CT molecular complexity index is 789. The van der Waals surface area contributed by atoms with E-state index in [0.717, 1.165) is 17.2 Å². The Labute approximate surface area is 150 Å². The first-order valence-corrected chi connectivity index (χ1v) is 8.81. The molecule has 25 heavy (non-hydrogen) atoms. The van der Waals surface area contributed by atoms with Crippen molar-refractivity contribution in [1.82, 2.24) is 10.3 Å². The van der Waals surface area contributed by atoms with Crippen molar-refractivity contribution in [2.75, 3.05) is 6.54 Å². The zero-order valence-electron chi connectivity index (χ0n) is 13.6. The van der Waals surface area contributed by atoms with Gasteiger partial charge in [0.25, 0.3) is 5.91 Å². The van der Waals surface area contributed by atoms with Crippen molar-refractivity contribution in [1.29, 1.82) is 0 Å². The summed E-state index contributed by atoms with van der Waals surface area (Å²) in [7, 11) is 0. The van der Waals surface area contributed by atoms with Gasteiger partial charge in [-0.05, 0) is 12.1 Å². The van der Waals surface area contributed by atoms with Gasteiger partial charge in [0.1, 0.15) is 22.2 Å². The molecule has 7 heteroatoms. The lowest BCUT2D eigenvalue weighted by Crippen LogP contribution is -2.27. The fraction of sp³-hybridized carbons (Fsp3) is 0.333. The Morgan fingerprint density at radius 3 is 2.80 bits per heavy atom. The second-order valence-electron chi connectivity index (χ2n) is 5.61. The van der Waals surface area contributed by atoms with Crippen molar-refractivity contribution in [2.24, 2.45) is 10.2 Å². The van der Waals surface area contributed by atoms with Crippen LogP contribution in [0.5, 0.6) is 5.75 Å². The Balaban J connectivity index is 1.42. The lowest BCUT2D eigenvalue weighted by Gasteiger charge is -2.09. The number of terminal acetylenes is 1. The number of nitrogens with zero attached hydrogens (tertiary/aromatic N) is 3. The fourth-order valence-corrected chi connectivity index (χ4v) is 3.02. The van der Waals surface area contributed by atoms with E-state index in [0.29, 0.717) is 30.9 Å². The van der Waals surface area contributed by atoms with E-state index in [9.17, 15) is 4.79 Å². The average Bonchev–Trinajstić information content (AvgIpc) is 3.24. The Morgan fingerprint density at radius 1 is 1.28 bits per heavy atom. The number of para-hydroxylation sites is 1. The van der Waals surface area contributed by atoms with Gasteiger partial charge in [-0.3, -0.25) is 4.79 Å². The molecule has 128 valence electrons. The first-order chi connectivity index (χ1) is 12.2. The van der Waals surface area contributed by atoms with Crippen molar-refractivity contribution >= 4 is 17.2 Å². The predicted molar refractivity (Wildman–Crippen MR) is 95.5 cm³/mol. The van der Waals surface area contributed by atoms with Gasteiger partial charge < -0.3 is 10.1 Å². The lowest BCUT2D eigenvalue weighted by molar-refractivity contribution is 0.0955. The SMILES string of the molecule is C#CCCC1(CCNC(=O)c2cnc(COc3ccccc3)s2)N=N1. The van der Waals surface area contributed by atoms with Gasteiger partial charge in [-0.1, -0.05) is 18.2 Å². The van der Waals surface area contributed by atoms with Crippen LogP contribution in [0.25, 0.3) is 0 Å². The number of ether oxygens (including phenoxy) is 1. The number of benzene rings is 1. The van der Waals surface area contributed by atoms with Gasteiger partial charge in [0.05, 0.1) is 6.20 Å². The summed E-state index contributed by atoms with van der Waals surface area (Å²) in [4.78, 5) is 17.0. The van der Waals surface area contributed by atoms with Crippen LogP contribution in [-0.4, -0.2) is 23.1 Å². The number of amides is 1. The summed E-state index contributed by atoms with van der Waals surface area (Å²) in [5.74, 6) is 3.22. The number of carbonyl (C=O) groups is 1. The topological polar surface area (TPSA) is 75.9 Å². The molecule has 2 aromatic rings. The summed E-state index contributed by atoms with van der Waals surface area (Å²) in [5.41, 5.74) is -0.373. The lowest BCUT2D eigenvalue weighted by atomic mass is 10.0. The third-order valence-electron chi connectivity index (χ3n) is 3.75. The normalized spacial score (nSPS) is 13.9. The maximum atomic E-state index is 12.2. The third kappa shape index (κ3) is 4.88. The van der Waals surface area contributed by atoms with Crippen LogP contribution >= 0.6 is 11.3 Å². The summed E-state index contributed by atoms with van der Waals surface area (Å²) < 4.78 is 5.63. The molecule has 1 aliphatic heterocycles. The quantitative estimate of drug-likeness (QED) is 0.701. The van der Waals surface area contributed by atoms with Gasteiger partial charge in [0.2, 0.25) is 0 Å². The smallest absolute Gasteiger partial charge is 0.263 e. The number of hydrogen-bond acceptors (Lipinski definition) is 6. The van der Waals surface area contributed by atoms with Gasteiger partial charge in [-0.2, -0.15) is 10.2 Å². The molecule has 1 aromatic carbocycles. The van der Waals surface area contributed by atoms with E-state index in [4.69, 9.17) is 11.2 Å². The van der Waals surface area contributed by atoms with Crippen molar-refractivity contribution in [3.05, 3.63) is 46.4 Å². The summed E-state index contributed by atoms with van der Waals surface area (Å²) in [6.07, 6.45) is 8.88. The van der Waals surface area contributed by atoms with Crippen LogP contribution in [-0.2, 0) is 6.61 Å². The maximum Gasteiger partial charge on any atom is 0.263 e. The molecule has 0 fully saturated rings. The highest BCUT2D eigenvalue weighted by Gasteiger charge is 2.38. The molecule has 1 amide bonds. The van der Waals surface area contributed by atoms with Gasteiger partial charge in [0.15, 0.2) is 5.66 Å². The van der Waals surface area contributed by atoms with Crippen LogP contribution in [0.4, 0.5) is 0 Å². The molecule has 3 rings (SSSR count). The molecule has 6 nitrogen and oxygen atoms in total. The van der Waals surface area contributed by atoms with Crippen molar-refractivity contribution in [3.8, 4) is 18.1 Å². The van der Waals surface area contributed by atoms with Crippen molar-refractivity contribution < 1.29 is 9.53 Å². The second-order valence-corrected chi connectivity index (χ2v) is 6.73. The van der Waals surface area contributed by atoms with Crippen molar-refractivity contribution in [3.63, 3.8) is 0 Å². The molecule has 0 saturated heterocycles. The Hall–Kier alpha value is -2.72. The number of nitrogens with one attached hydrogen (secondary N) is 1. The molecule has 2 heterocycles. The molecule has 1 N–H and O–H groups in total. The van der Waals surface area contributed by atoms with E-state index in [-0.39, 0.29) is 11.6 Å². The molecule has 0 saturated carbocycles. The van der Waals surface area contributed by atoms with Crippen LogP contribution < -0.4 is 10.1 Å². The van der Waals surface area contributed by atoms with E-state index in [2.05, 4.69) is 26.4 Å². The standard InChI is InChI=1S/C18H18N4O2S/c1-2-3-9-18(21-22-18)10-11-19-17(23)15-12-20-16(25-15)13-24-14-7-5-4-6-8-14/h1,4-8,12H,3,9-11,13H2,(H,19,23). The number of aromatic nitrogens is 1. The molecular weight excluding hydrogens is 336 g/mol. The third-order valence-corrected chi connectivity index (χ3v) is 4.72. The second kappa shape index (κ2) is 7.90. The van der Waals surface area contributed by atoms with E-state index in [1.54, 1.807) is 6.20 Å². The largest absolute Gasteiger partial charge is 0.486 e. The molecule has 0 radical (unpaired) electrons. The summed E-state index contributed by atoms with van der Waals surface area (Å²) >= 11 is 1.33. The first-order valence-electron chi connectivity index (χ1n) is 7.99. The molecule has 0 aliphatic carbocycles. The zero-order valence-corrected chi connectivity index (χ0v) is 14.5. The highest BCUT2D eigenvalue weighted by atomic mass is 32.1. The van der Waals surface area contributed by atoms with Crippen LogP contribution in [0.1, 0.15) is 33.9 Å². The highest BCUT2D eigenvalue weighted by molar-refractivity contribution is 7.13. The first kappa shape index (κ1) is 17.1. The molecule has 0 atom stereocenters. The monoisotopic (exact) mass is 354 g/mol. The van der Waals surface area contributed by atoms with Gasteiger partial charge in [0, 0.05) is 25.8 Å². The van der Waals surface area contributed by atoms with E-state index in [1.807, 2.05) is 30.3 Å². The number of carbonyl (C=O) groups excluding carboxylic acids is 1. The highest BCUT2D eigenvalue weighted by Crippen LogP contribution is 2.36. The molecule has 0 spiro atoms. The minimum atomic E-state index is -0.373. The molecule has 1 aromatic heterocycles. The Kier molecular flexibility index (Phi) is 5.41. The van der Waals surface area contributed by atoms with Crippen molar-refractivity contribution in [2.45, 2.75) is 31.5 Å². The predicted octanol–water partition coefficient (Wildman–Crippen LogP) is 3.42. The summed E-state index contributed by atoms with van der Waals surface area (Å²) in [6, 6.07) is 9.50. The maximum absolute atomic E-state index is 12.2. The minimum absolute atomic E-state index is 0.142. The average molecular weight is 354 g/mol. The van der Waals surface area contributed by atoms with E-state index >= 15 is 0 Å². The van der Waals surface area contributed by atoms with Gasteiger partial charge in [-0.15, -0.1) is 23.7 Å². The van der Waals surface area contributed by atoms with Crippen LogP contribution in [0.3, 0.4) is 0 Å².